The number of nitrogens with zero attached hydrogens (tertiary/aromatic N) is 1. The van der Waals surface area contributed by atoms with Crippen molar-refractivity contribution in [1.82, 2.24) is 4.90 Å². The summed E-state index contributed by atoms with van der Waals surface area (Å²) in [4.78, 5) is 2.27. The lowest BCUT2D eigenvalue weighted by molar-refractivity contribution is -0.0498. The molecule has 1 aromatic carbocycles. The fourth-order valence-corrected chi connectivity index (χ4v) is 2.30. The number of nitrogens with one attached hydrogen (secondary N) is 1. The normalized spacial score (nSPS) is 24.5. The van der Waals surface area contributed by atoms with Crippen molar-refractivity contribution in [3.8, 4) is 5.75 Å². The van der Waals surface area contributed by atoms with Gasteiger partial charge in [-0.15, -0.1) is 0 Å². The van der Waals surface area contributed by atoms with Gasteiger partial charge >= 0.3 is 6.61 Å². The third-order valence-electron chi connectivity index (χ3n) is 3.32. The summed E-state index contributed by atoms with van der Waals surface area (Å²) >= 11 is 0. The zero-order valence-corrected chi connectivity index (χ0v) is 10.6. The lowest BCUT2D eigenvalue weighted by atomic mass is 10.2. The van der Waals surface area contributed by atoms with Crippen LogP contribution in [0.2, 0.25) is 0 Å². The monoisotopic (exact) mass is 256 g/mol. The highest BCUT2D eigenvalue weighted by Gasteiger charge is 2.25. The Morgan fingerprint density at radius 1 is 1.44 bits per heavy atom. The van der Waals surface area contributed by atoms with E-state index in [0.717, 1.165) is 18.7 Å². The van der Waals surface area contributed by atoms with Gasteiger partial charge in [-0.2, -0.15) is 8.78 Å². The highest BCUT2D eigenvalue weighted by Crippen LogP contribution is 2.23. The van der Waals surface area contributed by atoms with E-state index in [0.29, 0.717) is 12.1 Å². The summed E-state index contributed by atoms with van der Waals surface area (Å²) in [7, 11) is 2.09. The molecule has 1 aliphatic rings. The highest BCUT2D eigenvalue weighted by molar-refractivity contribution is 5.49. The number of likely N-dealkylation sites (N-methyl/N-ethyl adjacent to an activating group) is 1. The van der Waals surface area contributed by atoms with Crippen LogP contribution in [0.4, 0.5) is 14.5 Å². The Labute approximate surface area is 106 Å². The average molecular weight is 256 g/mol. The summed E-state index contributed by atoms with van der Waals surface area (Å²) < 4.78 is 28.6. The minimum absolute atomic E-state index is 0.189. The first-order valence-corrected chi connectivity index (χ1v) is 6.06. The van der Waals surface area contributed by atoms with Crippen LogP contribution in [0.1, 0.15) is 13.3 Å². The zero-order valence-electron chi connectivity index (χ0n) is 10.6. The van der Waals surface area contributed by atoms with Crippen LogP contribution < -0.4 is 10.1 Å². The second-order valence-corrected chi connectivity index (χ2v) is 4.77. The van der Waals surface area contributed by atoms with Gasteiger partial charge in [0.15, 0.2) is 0 Å². The molecule has 0 radical (unpaired) electrons. The first-order chi connectivity index (χ1) is 8.54. The molecular weight excluding hydrogens is 238 g/mol. The molecule has 3 nitrogen and oxygen atoms in total. The van der Waals surface area contributed by atoms with E-state index in [-0.39, 0.29) is 5.75 Å². The van der Waals surface area contributed by atoms with Crippen LogP contribution in [0.5, 0.6) is 5.75 Å². The molecule has 100 valence electrons. The number of benzene rings is 1. The summed E-state index contributed by atoms with van der Waals surface area (Å²) in [6.45, 7) is 0.358. The number of halogens is 2. The Bertz CT molecular complexity index is 390. The summed E-state index contributed by atoms with van der Waals surface area (Å²) in [6.07, 6.45) is 1.05. The van der Waals surface area contributed by atoms with Crippen molar-refractivity contribution in [1.29, 1.82) is 0 Å². The van der Waals surface area contributed by atoms with Gasteiger partial charge in [0.2, 0.25) is 0 Å². The molecule has 1 saturated heterocycles. The van der Waals surface area contributed by atoms with Crippen molar-refractivity contribution in [2.45, 2.75) is 32.0 Å². The Morgan fingerprint density at radius 3 is 2.83 bits per heavy atom. The molecule has 0 spiro atoms. The van der Waals surface area contributed by atoms with E-state index in [1.165, 1.54) is 6.07 Å². The fraction of sp³-hybridized carbons (Fsp3) is 0.538. The van der Waals surface area contributed by atoms with Crippen LogP contribution in [-0.2, 0) is 0 Å². The molecule has 0 aliphatic carbocycles. The Hall–Kier alpha value is -1.36. The number of rotatable bonds is 4. The second-order valence-electron chi connectivity index (χ2n) is 4.77. The molecule has 1 heterocycles. The smallest absolute Gasteiger partial charge is 0.387 e. The van der Waals surface area contributed by atoms with Gasteiger partial charge in [-0.25, -0.2) is 0 Å². The van der Waals surface area contributed by atoms with Gasteiger partial charge in [-0.1, -0.05) is 6.07 Å². The van der Waals surface area contributed by atoms with Gasteiger partial charge in [-0.05, 0) is 32.5 Å². The summed E-state index contributed by atoms with van der Waals surface area (Å²) in [5.41, 5.74) is 0.820. The van der Waals surface area contributed by atoms with E-state index in [4.69, 9.17) is 0 Å². The molecule has 1 aliphatic heterocycles. The van der Waals surface area contributed by atoms with Gasteiger partial charge in [0.25, 0.3) is 0 Å². The molecule has 5 heteroatoms. The maximum Gasteiger partial charge on any atom is 0.387 e. The van der Waals surface area contributed by atoms with Crippen molar-refractivity contribution >= 4 is 5.69 Å². The summed E-state index contributed by atoms with van der Waals surface area (Å²) in [6, 6.07) is 7.61. The molecule has 0 aromatic heterocycles. The topological polar surface area (TPSA) is 24.5 Å². The lowest BCUT2D eigenvalue weighted by Gasteiger charge is -2.15. The molecule has 2 unspecified atom stereocenters. The molecule has 0 saturated carbocycles. The molecule has 1 fully saturated rings. The Balaban J connectivity index is 1.97. The molecule has 2 atom stereocenters. The Morgan fingerprint density at radius 2 is 2.22 bits per heavy atom. The molecule has 1 aromatic rings. The molecule has 0 amide bonds. The van der Waals surface area contributed by atoms with E-state index >= 15 is 0 Å². The van der Waals surface area contributed by atoms with Gasteiger partial charge < -0.3 is 15.0 Å². The fourth-order valence-electron chi connectivity index (χ4n) is 2.30. The highest BCUT2D eigenvalue weighted by atomic mass is 19.3. The van der Waals surface area contributed by atoms with E-state index in [1.807, 2.05) is 6.07 Å². The predicted molar refractivity (Wildman–Crippen MR) is 67.2 cm³/mol. The van der Waals surface area contributed by atoms with Gasteiger partial charge in [0.05, 0.1) is 0 Å². The van der Waals surface area contributed by atoms with Crippen LogP contribution in [0.3, 0.4) is 0 Å². The number of alkyl halides is 2. The molecular formula is C13H18F2N2O. The quantitative estimate of drug-likeness (QED) is 0.896. The number of ether oxygens (including phenoxy) is 1. The number of hydrogen-bond acceptors (Lipinski definition) is 3. The van der Waals surface area contributed by atoms with E-state index in [1.54, 1.807) is 12.1 Å². The van der Waals surface area contributed by atoms with Crippen molar-refractivity contribution in [3.63, 3.8) is 0 Å². The standard InChI is InChI=1S/C13H18F2N2O/c1-9-6-11(8-17(9)2)16-10-4-3-5-12(7-10)18-13(14)15/h3-5,7,9,11,13,16H,6,8H2,1-2H3. The number of hydrogen-bond donors (Lipinski definition) is 1. The minimum Gasteiger partial charge on any atom is -0.435 e. The number of likely N-dealkylation sites (tertiary alicyclic amines) is 1. The first kappa shape index (κ1) is 13.1. The van der Waals surface area contributed by atoms with Crippen LogP contribution in [0.25, 0.3) is 0 Å². The van der Waals surface area contributed by atoms with Crippen LogP contribution in [0.15, 0.2) is 24.3 Å². The van der Waals surface area contributed by atoms with Crippen molar-refractivity contribution in [3.05, 3.63) is 24.3 Å². The van der Waals surface area contributed by atoms with E-state index in [9.17, 15) is 8.78 Å². The molecule has 2 rings (SSSR count). The lowest BCUT2D eigenvalue weighted by Crippen LogP contribution is -2.24. The van der Waals surface area contributed by atoms with Crippen molar-refractivity contribution in [2.75, 3.05) is 18.9 Å². The van der Waals surface area contributed by atoms with Crippen LogP contribution in [0, 0.1) is 0 Å². The predicted octanol–water partition coefficient (Wildman–Crippen LogP) is 2.79. The SMILES string of the molecule is CC1CC(Nc2cccc(OC(F)F)c2)CN1C. The summed E-state index contributed by atoms with van der Waals surface area (Å²) in [5, 5.41) is 3.35. The van der Waals surface area contributed by atoms with Crippen molar-refractivity contribution in [2.24, 2.45) is 0 Å². The maximum absolute atomic E-state index is 12.1. The Kier molecular flexibility index (Phi) is 4.01. The second kappa shape index (κ2) is 5.52. The van der Waals surface area contributed by atoms with Gasteiger partial charge in [0.1, 0.15) is 5.75 Å². The minimum atomic E-state index is -2.78. The maximum atomic E-state index is 12.1. The molecule has 18 heavy (non-hydrogen) atoms. The van der Waals surface area contributed by atoms with Crippen LogP contribution >= 0.6 is 0 Å². The average Bonchev–Trinajstić information content (AvgIpc) is 2.57. The van der Waals surface area contributed by atoms with Gasteiger partial charge in [-0.3, -0.25) is 0 Å². The van der Waals surface area contributed by atoms with Crippen LogP contribution in [-0.4, -0.2) is 37.2 Å². The number of anilines is 1. The summed E-state index contributed by atoms with van der Waals surface area (Å²) in [5.74, 6) is 0.189. The molecule has 0 bridgehead atoms. The van der Waals surface area contributed by atoms with E-state index in [2.05, 4.69) is 28.9 Å². The molecule has 1 N–H and O–H groups in total. The van der Waals surface area contributed by atoms with E-state index < -0.39 is 6.61 Å². The largest absolute Gasteiger partial charge is 0.435 e. The first-order valence-electron chi connectivity index (χ1n) is 6.06. The zero-order chi connectivity index (χ0) is 13.1. The third kappa shape index (κ3) is 3.32. The third-order valence-corrected chi connectivity index (χ3v) is 3.32. The van der Waals surface area contributed by atoms with Gasteiger partial charge in [0, 0.05) is 30.4 Å². The van der Waals surface area contributed by atoms with Crippen molar-refractivity contribution < 1.29 is 13.5 Å².